The zero-order valence-electron chi connectivity index (χ0n) is 6.06. The SMILES string of the molecule is Cc1cc(C#N)c(Br)cc1N. The summed E-state index contributed by atoms with van der Waals surface area (Å²) in [5.41, 5.74) is 7.87. The molecule has 0 fully saturated rings. The van der Waals surface area contributed by atoms with Crippen molar-refractivity contribution in [1.82, 2.24) is 0 Å². The Balaban J connectivity index is 3.35. The molecule has 0 saturated heterocycles. The van der Waals surface area contributed by atoms with Gasteiger partial charge in [-0.1, -0.05) is 0 Å². The van der Waals surface area contributed by atoms with Gasteiger partial charge in [0.2, 0.25) is 0 Å². The molecule has 3 heteroatoms. The summed E-state index contributed by atoms with van der Waals surface area (Å²) in [6, 6.07) is 5.57. The van der Waals surface area contributed by atoms with Gasteiger partial charge in [-0.15, -0.1) is 0 Å². The highest BCUT2D eigenvalue weighted by Crippen LogP contribution is 2.22. The van der Waals surface area contributed by atoms with E-state index in [0.29, 0.717) is 11.3 Å². The fourth-order valence-corrected chi connectivity index (χ4v) is 1.23. The Morgan fingerprint density at radius 2 is 2.18 bits per heavy atom. The largest absolute Gasteiger partial charge is 0.398 e. The Kier molecular flexibility index (Phi) is 2.16. The van der Waals surface area contributed by atoms with E-state index in [2.05, 4.69) is 22.0 Å². The van der Waals surface area contributed by atoms with Crippen LogP contribution in [-0.2, 0) is 0 Å². The van der Waals surface area contributed by atoms with E-state index in [4.69, 9.17) is 11.0 Å². The molecule has 0 bridgehead atoms. The van der Waals surface area contributed by atoms with Crippen molar-refractivity contribution in [2.75, 3.05) is 5.73 Å². The van der Waals surface area contributed by atoms with Crippen molar-refractivity contribution < 1.29 is 0 Å². The van der Waals surface area contributed by atoms with Gasteiger partial charge in [0.15, 0.2) is 0 Å². The van der Waals surface area contributed by atoms with Gasteiger partial charge in [0, 0.05) is 10.2 Å². The summed E-state index contributed by atoms with van der Waals surface area (Å²) in [5.74, 6) is 0. The van der Waals surface area contributed by atoms with Crippen LogP contribution in [0.2, 0.25) is 0 Å². The summed E-state index contributed by atoms with van der Waals surface area (Å²) < 4.78 is 0.753. The van der Waals surface area contributed by atoms with Crippen LogP contribution in [0.5, 0.6) is 0 Å². The molecule has 0 unspecified atom stereocenters. The summed E-state index contributed by atoms with van der Waals surface area (Å²) >= 11 is 3.24. The number of nitriles is 1. The number of rotatable bonds is 0. The average Bonchev–Trinajstić information content (AvgIpc) is 1.97. The lowest BCUT2D eigenvalue weighted by molar-refractivity contribution is 1.40. The maximum absolute atomic E-state index is 8.61. The molecule has 2 nitrogen and oxygen atoms in total. The second kappa shape index (κ2) is 2.93. The molecule has 1 aromatic carbocycles. The molecule has 1 rings (SSSR count). The number of nitrogens with two attached hydrogens (primary N) is 1. The van der Waals surface area contributed by atoms with Gasteiger partial charge >= 0.3 is 0 Å². The molecule has 0 saturated carbocycles. The number of aryl methyl sites for hydroxylation is 1. The Hall–Kier alpha value is -1.01. The second-order valence-corrected chi connectivity index (χ2v) is 3.15. The molecule has 2 N–H and O–H groups in total. The average molecular weight is 211 g/mol. The summed E-state index contributed by atoms with van der Waals surface area (Å²) in [5, 5.41) is 8.61. The van der Waals surface area contributed by atoms with Crippen LogP contribution in [0, 0.1) is 18.3 Å². The second-order valence-electron chi connectivity index (χ2n) is 2.30. The molecular weight excluding hydrogens is 204 g/mol. The Labute approximate surface area is 73.8 Å². The van der Waals surface area contributed by atoms with Gasteiger partial charge in [-0.3, -0.25) is 0 Å². The summed E-state index contributed by atoms with van der Waals surface area (Å²) in [6.07, 6.45) is 0. The predicted molar refractivity (Wildman–Crippen MR) is 48.0 cm³/mol. The Morgan fingerprint density at radius 3 is 2.73 bits per heavy atom. The fourth-order valence-electron chi connectivity index (χ4n) is 0.783. The van der Waals surface area contributed by atoms with Gasteiger partial charge < -0.3 is 5.73 Å². The van der Waals surface area contributed by atoms with Crippen LogP contribution >= 0.6 is 15.9 Å². The maximum Gasteiger partial charge on any atom is 0.100 e. The van der Waals surface area contributed by atoms with E-state index < -0.39 is 0 Å². The van der Waals surface area contributed by atoms with Crippen molar-refractivity contribution in [3.05, 3.63) is 27.7 Å². The van der Waals surface area contributed by atoms with Crippen LogP contribution < -0.4 is 5.73 Å². The van der Waals surface area contributed by atoms with E-state index in [1.54, 1.807) is 12.1 Å². The van der Waals surface area contributed by atoms with E-state index in [1.807, 2.05) is 6.92 Å². The number of hydrogen-bond acceptors (Lipinski definition) is 2. The predicted octanol–water partition coefficient (Wildman–Crippen LogP) is 2.21. The number of hydrogen-bond donors (Lipinski definition) is 1. The molecule has 1 aromatic rings. The molecule has 0 amide bonds. The number of nitrogen functional groups attached to an aromatic ring is 1. The van der Waals surface area contributed by atoms with Crippen LogP contribution in [-0.4, -0.2) is 0 Å². The molecule has 56 valence electrons. The molecule has 0 radical (unpaired) electrons. The number of benzene rings is 1. The quantitative estimate of drug-likeness (QED) is 0.668. The van der Waals surface area contributed by atoms with Gasteiger partial charge in [0.1, 0.15) is 6.07 Å². The first kappa shape index (κ1) is 8.09. The highest BCUT2D eigenvalue weighted by Gasteiger charge is 2.01. The fraction of sp³-hybridized carbons (Fsp3) is 0.125. The third-order valence-corrected chi connectivity index (χ3v) is 2.13. The van der Waals surface area contributed by atoms with E-state index >= 15 is 0 Å². The van der Waals surface area contributed by atoms with Crippen molar-refractivity contribution >= 4 is 21.6 Å². The van der Waals surface area contributed by atoms with Gasteiger partial charge in [-0.25, -0.2) is 0 Å². The van der Waals surface area contributed by atoms with Gasteiger partial charge in [0.05, 0.1) is 5.56 Å². The summed E-state index contributed by atoms with van der Waals surface area (Å²) in [6.45, 7) is 1.88. The Morgan fingerprint density at radius 1 is 1.55 bits per heavy atom. The number of halogens is 1. The molecule has 0 heterocycles. The first-order valence-electron chi connectivity index (χ1n) is 3.11. The minimum atomic E-state index is 0.622. The number of nitrogens with zero attached hydrogens (tertiary/aromatic N) is 1. The van der Waals surface area contributed by atoms with E-state index in [9.17, 15) is 0 Å². The lowest BCUT2D eigenvalue weighted by atomic mass is 10.1. The molecule has 0 atom stereocenters. The minimum absolute atomic E-state index is 0.622. The molecule has 0 spiro atoms. The van der Waals surface area contributed by atoms with E-state index in [1.165, 1.54) is 0 Å². The molecule has 0 aliphatic carbocycles. The molecule has 0 aliphatic rings. The van der Waals surface area contributed by atoms with Gasteiger partial charge in [-0.05, 0) is 40.5 Å². The zero-order valence-corrected chi connectivity index (χ0v) is 7.64. The smallest absolute Gasteiger partial charge is 0.100 e. The summed E-state index contributed by atoms with van der Waals surface area (Å²) in [7, 11) is 0. The van der Waals surface area contributed by atoms with Crippen LogP contribution in [0.15, 0.2) is 16.6 Å². The standard InChI is InChI=1S/C8H7BrN2/c1-5-2-6(4-10)7(9)3-8(5)11/h2-3H,11H2,1H3. The first-order chi connectivity index (χ1) is 5.15. The maximum atomic E-state index is 8.61. The van der Waals surface area contributed by atoms with Crippen molar-refractivity contribution in [3.8, 4) is 6.07 Å². The topological polar surface area (TPSA) is 49.8 Å². The first-order valence-corrected chi connectivity index (χ1v) is 3.90. The molecule has 11 heavy (non-hydrogen) atoms. The third kappa shape index (κ3) is 1.52. The van der Waals surface area contributed by atoms with Gasteiger partial charge in [0.25, 0.3) is 0 Å². The van der Waals surface area contributed by atoms with Crippen LogP contribution in [0.1, 0.15) is 11.1 Å². The highest BCUT2D eigenvalue weighted by molar-refractivity contribution is 9.10. The number of anilines is 1. The zero-order chi connectivity index (χ0) is 8.43. The lowest BCUT2D eigenvalue weighted by Gasteiger charge is -2.01. The Bertz CT molecular complexity index is 326. The highest BCUT2D eigenvalue weighted by atomic mass is 79.9. The molecule has 0 aliphatic heterocycles. The van der Waals surface area contributed by atoms with Crippen molar-refractivity contribution in [2.24, 2.45) is 0 Å². The van der Waals surface area contributed by atoms with E-state index in [0.717, 1.165) is 10.0 Å². The molecular formula is C8H7BrN2. The van der Waals surface area contributed by atoms with Gasteiger partial charge in [-0.2, -0.15) is 5.26 Å². The van der Waals surface area contributed by atoms with E-state index in [-0.39, 0.29) is 0 Å². The van der Waals surface area contributed by atoms with Crippen molar-refractivity contribution in [1.29, 1.82) is 5.26 Å². The minimum Gasteiger partial charge on any atom is -0.398 e. The molecule has 0 aromatic heterocycles. The van der Waals surface area contributed by atoms with Crippen LogP contribution in [0.4, 0.5) is 5.69 Å². The normalized spacial score (nSPS) is 9.18. The van der Waals surface area contributed by atoms with Crippen LogP contribution in [0.3, 0.4) is 0 Å². The summed E-state index contributed by atoms with van der Waals surface area (Å²) in [4.78, 5) is 0. The third-order valence-electron chi connectivity index (χ3n) is 1.48. The lowest BCUT2D eigenvalue weighted by Crippen LogP contribution is -1.90. The monoisotopic (exact) mass is 210 g/mol. The van der Waals surface area contributed by atoms with Crippen LogP contribution in [0.25, 0.3) is 0 Å². The van der Waals surface area contributed by atoms with Crippen molar-refractivity contribution in [2.45, 2.75) is 6.92 Å². The van der Waals surface area contributed by atoms with Crippen molar-refractivity contribution in [3.63, 3.8) is 0 Å².